The summed E-state index contributed by atoms with van der Waals surface area (Å²) in [6.45, 7) is 1.54. The van der Waals surface area contributed by atoms with Crippen LogP contribution in [0.2, 0.25) is 0 Å². The standard InChI is InChI=1S/C14H16F2O/c1-9-6-7-11(15)13(14(9)16)12(17)8-10-4-2-3-5-10/h6-7,10H,2-5,8H2,1H3. The average molecular weight is 238 g/mol. The summed E-state index contributed by atoms with van der Waals surface area (Å²) in [4.78, 5) is 11.9. The number of ketones is 1. The first-order valence-electron chi connectivity index (χ1n) is 6.07. The Balaban J connectivity index is 2.21. The molecule has 1 aromatic carbocycles. The average Bonchev–Trinajstić information content (AvgIpc) is 2.77. The fourth-order valence-corrected chi connectivity index (χ4v) is 2.49. The summed E-state index contributed by atoms with van der Waals surface area (Å²) in [5.74, 6) is -1.53. The van der Waals surface area contributed by atoms with E-state index in [-0.39, 0.29) is 12.0 Å². The lowest BCUT2D eigenvalue weighted by Gasteiger charge is -2.10. The van der Waals surface area contributed by atoms with Gasteiger partial charge in [-0.05, 0) is 24.5 Å². The molecule has 1 saturated carbocycles. The van der Waals surface area contributed by atoms with Gasteiger partial charge in [0.15, 0.2) is 5.78 Å². The molecule has 0 bridgehead atoms. The molecule has 0 amide bonds. The van der Waals surface area contributed by atoms with E-state index in [9.17, 15) is 13.6 Å². The van der Waals surface area contributed by atoms with Gasteiger partial charge in [0.1, 0.15) is 11.6 Å². The van der Waals surface area contributed by atoms with Gasteiger partial charge in [0.2, 0.25) is 0 Å². The van der Waals surface area contributed by atoms with E-state index in [1.54, 1.807) is 6.92 Å². The van der Waals surface area contributed by atoms with Crippen molar-refractivity contribution in [2.24, 2.45) is 5.92 Å². The van der Waals surface area contributed by atoms with Crippen molar-refractivity contribution in [2.75, 3.05) is 0 Å². The summed E-state index contributed by atoms with van der Waals surface area (Å²) in [5.41, 5.74) is -0.0296. The molecule has 1 aliphatic rings. The molecule has 3 heteroatoms. The number of benzene rings is 1. The summed E-state index contributed by atoms with van der Waals surface area (Å²) < 4.78 is 27.2. The first-order chi connectivity index (χ1) is 8.09. The molecule has 0 atom stereocenters. The van der Waals surface area contributed by atoms with E-state index in [0.717, 1.165) is 25.7 Å². The Bertz CT molecular complexity index is 434. The van der Waals surface area contributed by atoms with E-state index < -0.39 is 17.4 Å². The third-order valence-corrected chi connectivity index (χ3v) is 3.51. The zero-order chi connectivity index (χ0) is 12.4. The lowest BCUT2D eigenvalue weighted by molar-refractivity contribution is 0.0953. The fourth-order valence-electron chi connectivity index (χ4n) is 2.49. The molecule has 0 spiro atoms. The fraction of sp³-hybridized carbons (Fsp3) is 0.500. The Kier molecular flexibility index (Phi) is 3.55. The van der Waals surface area contributed by atoms with Crippen LogP contribution in [-0.4, -0.2) is 5.78 Å². The van der Waals surface area contributed by atoms with E-state index in [1.807, 2.05) is 0 Å². The van der Waals surface area contributed by atoms with Crippen LogP contribution in [0.15, 0.2) is 12.1 Å². The number of rotatable bonds is 3. The zero-order valence-electron chi connectivity index (χ0n) is 9.93. The predicted molar refractivity (Wildman–Crippen MR) is 62.0 cm³/mol. The number of Topliss-reactive ketones (excluding diaryl/α,β-unsaturated/α-hetero) is 1. The lowest BCUT2D eigenvalue weighted by Crippen LogP contribution is -2.11. The van der Waals surface area contributed by atoms with Crippen LogP contribution in [0.25, 0.3) is 0 Å². The number of hydrogen-bond acceptors (Lipinski definition) is 1. The van der Waals surface area contributed by atoms with Crippen LogP contribution in [0, 0.1) is 24.5 Å². The summed E-state index contributed by atoms with van der Waals surface area (Å²) in [5, 5.41) is 0. The van der Waals surface area contributed by atoms with Gasteiger partial charge in [0.05, 0.1) is 5.56 Å². The molecule has 0 heterocycles. The highest BCUT2D eigenvalue weighted by atomic mass is 19.1. The van der Waals surface area contributed by atoms with Crippen LogP contribution in [0.5, 0.6) is 0 Å². The molecule has 0 aliphatic heterocycles. The normalized spacial score (nSPS) is 16.4. The van der Waals surface area contributed by atoms with Crippen LogP contribution >= 0.6 is 0 Å². The number of halogens is 2. The second-order valence-electron chi connectivity index (χ2n) is 4.83. The number of carbonyl (C=O) groups excluding carboxylic acids is 1. The molecule has 1 aliphatic carbocycles. The summed E-state index contributed by atoms with van der Waals surface area (Å²) in [7, 11) is 0. The van der Waals surface area contributed by atoms with E-state index in [1.165, 1.54) is 12.1 Å². The van der Waals surface area contributed by atoms with Gasteiger partial charge >= 0.3 is 0 Å². The zero-order valence-corrected chi connectivity index (χ0v) is 9.93. The number of hydrogen-bond donors (Lipinski definition) is 0. The predicted octanol–water partition coefficient (Wildman–Crippen LogP) is 4.04. The van der Waals surface area contributed by atoms with Gasteiger partial charge in [0, 0.05) is 6.42 Å². The Morgan fingerprint density at radius 2 is 1.94 bits per heavy atom. The van der Waals surface area contributed by atoms with E-state index >= 15 is 0 Å². The molecule has 0 aromatic heterocycles. The topological polar surface area (TPSA) is 17.1 Å². The van der Waals surface area contributed by atoms with Crippen LogP contribution in [-0.2, 0) is 0 Å². The van der Waals surface area contributed by atoms with Crippen molar-refractivity contribution in [3.05, 3.63) is 34.9 Å². The van der Waals surface area contributed by atoms with Crippen molar-refractivity contribution < 1.29 is 13.6 Å². The van der Waals surface area contributed by atoms with Gasteiger partial charge < -0.3 is 0 Å². The first-order valence-corrected chi connectivity index (χ1v) is 6.07. The Morgan fingerprint density at radius 1 is 1.29 bits per heavy atom. The van der Waals surface area contributed by atoms with Crippen LogP contribution in [0.1, 0.15) is 48.0 Å². The highest BCUT2D eigenvalue weighted by molar-refractivity contribution is 5.97. The van der Waals surface area contributed by atoms with Crippen molar-refractivity contribution in [1.29, 1.82) is 0 Å². The molecule has 0 unspecified atom stereocenters. The maximum atomic E-state index is 13.7. The lowest BCUT2D eigenvalue weighted by atomic mass is 9.95. The maximum Gasteiger partial charge on any atom is 0.169 e. The van der Waals surface area contributed by atoms with Crippen molar-refractivity contribution in [3.8, 4) is 0 Å². The summed E-state index contributed by atoms with van der Waals surface area (Å²) >= 11 is 0. The van der Waals surface area contributed by atoms with Gasteiger partial charge in [-0.2, -0.15) is 0 Å². The third kappa shape index (κ3) is 2.54. The maximum absolute atomic E-state index is 13.7. The molecule has 0 radical (unpaired) electrons. The summed E-state index contributed by atoms with van der Waals surface area (Å²) in [6.07, 6.45) is 4.52. The molecule has 0 N–H and O–H groups in total. The molecule has 1 nitrogen and oxygen atoms in total. The smallest absolute Gasteiger partial charge is 0.169 e. The van der Waals surface area contributed by atoms with Crippen molar-refractivity contribution in [3.63, 3.8) is 0 Å². The third-order valence-electron chi connectivity index (χ3n) is 3.51. The van der Waals surface area contributed by atoms with Crippen LogP contribution < -0.4 is 0 Å². The monoisotopic (exact) mass is 238 g/mol. The minimum absolute atomic E-state index is 0.275. The molecule has 17 heavy (non-hydrogen) atoms. The molecule has 0 saturated heterocycles. The van der Waals surface area contributed by atoms with Gasteiger partial charge in [-0.1, -0.05) is 31.7 Å². The Morgan fingerprint density at radius 3 is 2.59 bits per heavy atom. The van der Waals surface area contributed by atoms with Gasteiger partial charge in [-0.25, -0.2) is 8.78 Å². The number of aryl methyl sites for hydroxylation is 1. The van der Waals surface area contributed by atoms with Crippen LogP contribution in [0.3, 0.4) is 0 Å². The molecule has 1 aromatic rings. The minimum Gasteiger partial charge on any atom is -0.294 e. The minimum atomic E-state index is -0.740. The molecule has 92 valence electrons. The second kappa shape index (κ2) is 4.94. The van der Waals surface area contributed by atoms with Gasteiger partial charge in [-0.15, -0.1) is 0 Å². The Labute approximate surface area is 99.8 Å². The number of carbonyl (C=O) groups is 1. The summed E-state index contributed by atoms with van der Waals surface area (Å²) in [6, 6.07) is 2.53. The second-order valence-corrected chi connectivity index (χ2v) is 4.83. The van der Waals surface area contributed by atoms with Crippen LogP contribution in [0.4, 0.5) is 8.78 Å². The molecule has 1 fully saturated rings. The van der Waals surface area contributed by atoms with Crippen molar-refractivity contribution in [1.82, 2.24) is 0 Å². The molecule has 2 rings (SSSR count). The molecular formula is C14H16F2O. The molecular weight excluding hydrogens is 222 g/mol. The SMILES string of the molecule is Cc1ccc(F)c(C(=O)CC2CCCC2)c1F. The van der Waals surface area contributed by atoms with Crippen molar-refractivity contribution in [2.45, 2.75) is 39.0 Å². The van der Waals surface area contributed by atoms with Crippen molar-refractivity contribution >= 4 is 5.78 Å². The van der Waals surface area contributed by atoms with E-state index in [4.69, 9.17) is 0 Å². The van der Waals surface area contributed by atoms with E-state index in [0.29, 0.717) is 11.5 Å². The van der Waals surface area contributed by atoms with E-state index in [2.05, 4.69) is 0 Å². The quantitative estimate of drug-likeness (QED) is 0.726. The largest absolute Gasteiger partial charge is 0.294 e. The highest BCUT2D eigenvalue weighted by Gasteiger charge is 2.24. The highest BCUT2D eigenvalue weighted by Crippen LogP contribution is 2.29. The van der Waals surface area contributed by atoms with Gasteiger partial charge in [-0.3, -0.25) is 4.79 Å². The van der Waals surface area contributed by atoms with Gasteiger partial charge in [0.25, 0.3) is 0 Å². The first kappa shape index (κ1) is 12.2. The Hall–Kier alpha value is -1.25.